The van der Waals surface area contributed by atoms with Crippen LogP contribution in [-0.4, -0.2) is 38.0 Å². The number of hydrogen-bond donors (Lipinski definition) is 3. The molecule has 1 amide bonds. The van der Waals surface area contributed by atoms with Gasteiger partial charge in [-0.15, -0.1) is 0 Å². The van der Waals surface area contributed by atoms with Crippen molar-refractivity contribution in [3.63, 3.8) is 0 Å². The summed E-state index contributed by atoms with van der Waals surface area (Å²) in [5, 5.41) is 13.9. The second-order valence-electron chi connectivity index (χ2n) is 8.43. The molecule has 3 rings (SSSR count). The van der Waals surface area contributed by atoms with Crippen LogP contribution >= 0.6 is 0 Å². The highest BCUT2D eigenvalue weighted by Crippen LogP contribution is 2.30. The number of benzene rings is 2. The Morgan fingerprint density at radius 3 is 2.36 bits per heavy atom. The van der Waals surface area contributed by atoms with E-state index in [1.54, 1.807) is 56.8 Å². The van der Waals surface area contributed by atoms with Gasteiger partial charge in [0.2, 0.25) is 0 Å². The monoisotopic (exact) mass is 490 g/mol. The second kappa shape index (κ2) is 11.8. The molecule has 188 valence electrons. The maximum atomic E-state index is 12.5. The number of carbonyl (C=O) groups is 2. The molecule has 0 fully saturated rings. The first-order valence-electron chi connectivity index (χ1n) is 11.4. The molecule has 0 radical (unpaired) electrons. The number of methoxy groups -OCH3 is 2. The average Bonchev–Trinajstić information content (AvgIpc) is 2.88. The highest BCUT2D eigenvalue weighted by molar-refractivity contribution is 6.46. The van der Waals surface area contributed by atoms with Crippen molar-refractivity contribution in [2.75, 3.05) is 19.5 Å². The standard InChI is InChI=1S/C27H30N4O5/c1-16(2)17(3)27(33)36-20-9-7-19(8-10-20)30-26(32)21(28)15-25-29-13-12-22(31-25)18-6-11-23(34-4)24(14-18)35-5/h6-17,28,31H,1-5H3,(H,30,32)/b25-15-,28-21?/t17-/m0/s1. The molecule has 0 saturated carbocycles. The van der Waals surface area contributed by atoms with Gasteiger partial charge >= 0.3 is 5.97 Å². The average molecular weight is 491 g/mol. The number of esters is 1. The first-order chi connectivity index (χ1) is 17.2. The number of hydrogen-bond acceptors (Lipinski definition) is 8. The van der Waals surface area contributed by atoms with Crippen LogP contribution in [0.3, 0.4) is 0 Å². The van der Waals surface area contributed by atoms with E-state index >= 15 is 0 Å². The van der Waals surface area contributed by atoms with E-state index in [4.69, 9.17) is 19.6 Å². The topological polar surface area (TPSA) is 122 Å². The summed E-state index contributed by atoms with van der Waals surface area (Å²) in [5.74, 6) is 0.935. The first kappa shape index (κ1) is 26.2. The van der Waals surface area contributed by atoms with E-state index in [1.165, 1.54) is 6.08 Å². The van der Waals surface area contributed by atoms with Crippen LogP contribution in [0, 0.1) is 17.2 Å². The highest BCUT2D eigenvalue weighted by Gasteiger charge is 2.19. The van der Waals surface area contributed by atoms with Gasteiger partial charge in [0, 0.05) is 29.2 Å². The van der Waals surface area contributed by atoms with Crippen molar-refractivity contribution < 1.29 is 23.8 Å². The number of aliphatic imine (C=N–C) groups is 1. The molecule has 36 heavy (non-hydrogen) atoms. The lowest BCUT2D eigenvalue weighted by atomic mass is 9.99. The van der Waals surface area contributed by atoms with Crippen LogP contribution < -0.4 is 24.8 Å². The van der Waals surface area contributed by atoms with E-state index in [-0.39, 0.29) is 23.5 Å². The summed E-state index contributed by atoms with van der Waals surface area (Å²) >= 11 is 0. The Labute approximate surface area is 210 Å². The smallest absolute Gasteiger partial charge is 0.314 e. The van der Waals surface area contributed by atoms with Crippen LogP contribution in [0.2, 0.25) is 0 Å². The molecule has 0 spiro atoms. The Kier molecular flexibility index (Phi) is 8.61. The number of allylic oxidation sites excluding steroid dienone is 1. The van der Waals surface area contributed by atoms with E-state index in [2.05, 4.69) is 15.6 Å². The molecular weight excluding hydrogens is 460 g/mol. The normalized spacial score (nSPS) is 14.5. The lowest BCUT2D eigenvalue weighted by molar-refractivity contribution is -0.139. The summed E-state index contributed by atoms with van der Waals surface area (Å²) in [7, 11) is 3.13. The van der Waals surface area contributed by atoms with Gasteiger partial charge in [-0.05, 0) is 54.5 Å². The summed E-state index contributed by atoms with van der Waals surface area (Å²) in [6.07, 6.45) is 4.70. The number of carbonyl (C=O) groups excluding carboxylic acids is 2. The second-order valence-corrected chi connectivity index (χ2v) is 8.43. The number of rotatable bonds is 9. The zero-order chi connectivity index (χ0) is 26.2. The molecule has 0 saturated heterocycles. The third kappa shape index (κ3) is 6.59. The molecule has 0 aliphatic carbocycles. The Morgan fingerprint density at radius 1 is 1.03 bits per heavy atom. The lowest BCUT2D eigenvalue weighted by Crippen LogP contribution is -2.23. The fourth-order valence-electron chi connectivity index (χ4n) is 3.14. The van der Waals surface area contributed by atoms with E-state index in [0.29, 0.717) is 28.8 Å². The van der Waals surface area contributed by atoms with Gasteiger partial charge in [0.05, 0.1) is 20.1 Å². The van der Waals surface area contributed by atoms with E-state index < -0.39 is 5.91 Å². The third-order valence-corrected chi connectivity index (χ3v) is 5.64. The summed E-state index contributed by atoms with van der Waals surface area (Å²) in [4.78, 5) is 28.8. The molecule has 0 unspecified atom stereocenters. The number of amides is 1. The first-order valence-corrected chi connectivity index (χ1v) is 11.4. The molecule has 2 aromatic rings. The van der Waals surface area contributed by atoms with Gasteiger partial charge in [-0.1, -0.05) is 20.8 Å². The molecule has 1 heterocycles. The third-order valence-electron chi connectivity index (χ3n) is 5.64. The van der Waals surface area contributed by atoms with Crippen LogP contribution in [0.1, 0.15) is 26.3 Å². The van der Waals surface area contributed by atoms with Crippen molar-refractivity contribution in [1.29, 1.82) is 5.41 Å². The molecule has 0 bridgehead atoms. The fraction of sp³-hybridized carbons (Fsp3) is 0.259. The number of ether oxygens (including phenoxy) is 3. The van der Waals surface area contributed by atoms with E-state index in [0.717, 1.165) is 11.3 Å². The van der Waals surface area contributed by atoms with Crippen LogP contribution in [0.4, 0.5) is 5.69 Å². The van der Waals surface area contributed by atoms with Gasteiger partial charge in [0.1, 0.15) is 17.3 Å². The Balaban J connectivity index is 1.61. The molecular formula is C27H30N4O5. The molecule has 3 N–H and O–H groups in total. The van der Waals surface area contributed by atoms with Crippen molar-refractivity contribution in [3.05, 3.63) is 66.0 Å². The molecule has 9 heteroatoms. The van der Waals surface area contributed by atoms with Gasteiger partial charge < -0.3 is 24.8 Å². The predicted octanol–water partition coefficient (Wildman–Crippen LogP) is 4.42. The minimum absolute atomic E-state index is 0.171. The molecule has 1 atom stereocenters. The highest BCUT2D eigenvalue weighted by atomic mass is 16.5. The summed E-state index contributed by atoms with van der Waals surface area (Å²) < 4.78 is 16.0. The van der Waals surface area contributed by atoms with E-state index in [1.807, 2.05) is 32.9 Å². The zero-order valence-electron chi connectivity index (χ0n) is 20.9. The predicted molar refractivity (Wildman–Crippen MR) is 140 cm³/mol. The van der Waals surface area contributed by atoms with Gasteiger partial charge in [-0.25, -0.2) is 4.99 Å². The Hall–Kier alpha value is -4.40. The van der Waals surface area contributed by atoms with Crippen LogP contribution in [0.15, 0.2) is 65.4 Å². The van der Waals surface area contributed by atoms with Crippen molar-refractivity contribution in [3.8, 4) is 17.2 Å². The van der Waals surface area contributed by atoms with Gasteiger partial charge in [0.15, 0.2) is 11.5 Å². The number of nitrogens with one attached hydrogen (secondary N) is 3. The van der Waals surface area contributed by atoms with Crippen molar-refractivity contribution in [2.24, 2.45) is 16.8 Å². The van der Waals surface area contributed by atoms with Crippen molar-refractivity contribution in [2.45, 2.75) is 20.8 Å². The minimum Gasteiger partial charge on any atom is -0.493 e. The minimum atomic E-state index is -0.611. The molecule has 9 nitrogen and oxygen atoms in total. The van der Waals surface area contributed by atoms with Gasteiger partial charge in [0.25, 0.3) is 5.91 Å². The zero-order valence-corrected chi connectivity index (χ0v) is 20.9. The lowest BCUT2D eigenvalue weighted by Gasteiger charge is -2.16. The molecule has 0 aromatic heterocycles. The summed E-state index contributed by atoms with van der Waals surface area (Å²) in [5.41, 5.74) is 1.72. The largest absolute Gasteiger partial charge is 0.493 e. The fourth-order valence-corrected chi connectivity index (χ4v) is 3.14. The Bertz CT molecular complexity index is 1230. The van der Waals surface area contributed by atoms with Crippen LogP contribution in [0.25, 0.3) is 5.70 Å². The molecule has 1 aliphatic heterocycles. The number of anilines is 1. The van der Waals surface area contributed by atoms with Crippen molar-refractivity contribution >= 4 is 35.2 Å². The Morgan fingerprint density at radius 2 is 1.72 bits per heavy atom. The molecule has 1 aliphatic rings. The maximum absolute atomic E-state index is 12.5. The molecule has 2 aromatic carbocycles. The SMILES string of the molecule is COc1ccc(C2=CC=N/C(=C/C(=N)C(=O)Nc3ccc(OC(=O)[C@@H](C)C(C)C)cc3)N2)cc1OC. The summed E-state index contributed by atoms with van der Waals surface area (Å²) in [6.45, 7) is 5.73. The quantitative estimate of drug-likeness (QED) is 0.272. The van der Waals surface area contributed by atoms with Gasteiger partial charge in [-0.2, -0.15) is 0 Å². The number of nitrogens with zero attached hydrogens (tertiary/aromatic N) is 1. The van der Waals surface area contributed by atoms with Crippen molar-refractivity contribution in [1.82, 2.24) is 5.32 Å². The van der Waals surface area contributed by atoms with Crippen LogP contribution in [-0.2, 0) is 9.59 Å². The van der Waals surface area contributed by atoms with Crippen LogP contribution in [0.5, 0.6) is 17.2 Å². The summed E-state index contributed by atoms with van der Waals surface area (Å²) in [6, 6.07) is 11.9. The van der Waals surface area contributed by atoms with E-state index in [9.17, 15) is 9.59 Å². The maximum Gasteiger partial charge on any atom is 0.314 e. The van der Waals surface area contributed by atoms with Gasteiger partial charge in [-0.3, -0.25) is 15.0 Å².